The van der Waals surface area contributed by atoms with Crippen LogP contribution in [-0.4, -0.2) is 23.8 Å². The third-order valence-corrected chi connectivity index (χ3v) is 3.64. The summed E-state index contributed by atoms with van der Waals surface area (Å²) in [6.45, 7) is 0.642. The summed E-state index contributed by atoms with van der Waals surface area (Å²) < 4.78 is 18.4. The van der Waals surface area contributed by atoms with E-state index in [1.54, 1.807) is 51.0 Å². The number of aromatic nitrogens is 2. The van der Waals surface area contributed by atoms with Gasteiger partial charge in [0, 0.05) is 37.1 Å². The molecule has 0 bridgehead atoms. The molecule has 1 aromatic heterocycles. The number of methoxy groups -OCH3 is 2. The summed E-state index contributed by atoms with van der Waals surface area (Å²) in [4.78, 5) is 4.03. The summed E-state index contributed by atoms with van der Waals surface area (Å²) in [5, 5.41) is 9.35. The molecule has 0 aliphatic heterocycles. The highest BCUT2D eigenvalue weighted by Gasteiger charge is 2.09. The van der Waals surface area contributed by atoms with E-state index in [-0.39, 0.29) is 0 Å². The number of ether oxygens (including phenoxy) is 3. The minimum atomic E-state index is 0.455. The number of benzene rings is 2. The van der Waals surface area contributed by atoms with E-state index in [1.807, 2.05) is 22.9 Å². The Morgan fingerprint density at radius 3 is 2.36 bits per heavy atom. The molecule has 0 amide bonds. The molecule has 0 saturated carbocycles. The van der Waals surface area contributed by atoms with Crippen LogP contribution in [0.4, 0.5) is 0 Å². The molecule has 0 radical (unpaired) electrons. The van der Waals surface area contributed by atoms with E-state index in [0.717, 1.165) is 5.56 Å². The molecule has 3 aromatic rings. The van der Waals surface area contributed by atoms with Gasteiger partial charge in [0.1, 0.15) is 29.1 Å². The number of hydrogen-bond donors (Lipinski definition) is 0. The quantitative estimate of drug-likeness (QED) is 0.688. The fourth-order valence-corrected chi connectivity index (χ4v) is 2.40. The van der Waals surface area contributed by atoms with Gasteiger partial charge < -0.3 is 18.8 Å². The maximum atomic E-state index is 9.35. The van der Waals surface area contributed by atoms with E-state index < -0.39 is 0 Å². The molecule has 126 valence electrons. The van der Waals surface area contributed by atoms with Gasteiger partial charge in [0.05, 0.1) is 26.1 Å². The van der Waals surface area contributed by atoms with Crippen LogP contribution in [0.2, 0.25) is 0 Å². The van der Waals surface area contributed by atoms with Gasteiger partial charge in [-0.15, -0.1) is 0 Å². The lowest BCUT2D eigenvalue weighted by atomic mass is 10.1. The first-order chi connectivity index (χ1) is 12.2. The van der Waals surface area contributed by atoms with Crippen LogP contribution in [0.5, 0.6) is 23.0 Å². The SMILES string of the molecule is COc1cc(OC)cc(Oc2cc(Cn3ccnc3)ccc2C#N)c1. The van der Waals surface area contributed by atoms with Gasteiger partial charge in [-0.1, -0.05) is 6.07 Å². The molecule has 25 heavy (non-hydrogen) atoms. The van der Waals surface area contributed by atoms with Gasteiger partial charge in [0.25, 0.3) is 0 Å². The zero-order chi connectivity index (χ0) is 17.6. The zero-order valence-electron chi connectivity index (χ0n) is 14.0. The number of hydrogen-bond acceptors (Lipinski definition) is 5. The Labute approximate surface area is 145 Å². The molecule has 6 heteroatoms. The minimum Gasteiger partial charge on any atom is -0.496 e. The molecule has 0 atom stereocenters. The van der Waals surface area contributed by atoms with Crippen molar-refractivity contribution in [2.45, 2.75) is 6.54 Å². The Hall–Kier alpha value is -3.46. The van der Waals surface area contributed by atoms with E-state index in [9.17, 15) is 5.26 Å². The number of nitrogens with zero attached hydrogens (tertiary/aromatic N) is 3. The van der Waals surface area contributed by atoms with E-state index in [2.05, 4.69) is 11.1 Å². The molecule has 0 spiro atoms. The maximum absolute atomic E-state index is 9.35. The second kappa shape index (κ2) is 7.41. The zero-order valence-corrected chi connectivity index (χ0v) is 14.0. The van der Waals surface area contributed by atoms with Gasteiger partial charge in [0.2, 0.25) is 0 Å². The van der Waals surface area contributed by atoms with Gasteiger partial charge in [-0.3, -0.25) is 0 Å². The summed E-state index contributed by atoms with van der Waals surface area (Å²) in [5.41, 5.74) is 1.46. The first-order valence-corrected chi connectivity index (χ1v) is 7.61. The molecular formula is C19H17N3O3. The van der Waals surface area contributed by atoms with Crippen molar-refractivity contribution in [3.63, 3.8) is 0 Å². The summed E-state index contributed by atoms with van der Waals surface area (Å²) in [7, 11) is 3.15. The normalized spacial score (nSPS) is 10.1. The van der Waals surface area contributed by atoms with Crippen LogP contribution in [0.15, 0.2) is 55.1 Å². The summed E-state index contributed by atoms with van der Waals surface area (Å²) >= 11 is 0. The van der Waals surface area contributed by atoms with Gasteiger partial charge in [-0.05, 0) is 17.7 Å². The van der Waals surface area contributed by atoms with E-state index in [1.165, 1.54) is 0 Å². The molecule has 0 unspecified atom stereocenters. The monoisotopic (exact) mass is 335 g/mol. The molecule has 2 aromatic carbocycles. The fraction of sp³-hybridized carbons (Fsp3) is 0.158. The van der Waals surface area contributed by atoms with Crippen LogP contribution < -0.4 is 14.2 Å². The Morgan fingerprint density at radius 2 is 1.76 bits per heavy atom. The first kappa shape index (κ1) is 16.4. The van der Waals surface area contributed by atoms with Crippen LogP contribution in [-0.2, 0) is 6.54 Å². The minimum absolute atomic E-state index is 0.455. The second-order valence-electron chi connectivity index (χ2n) is 5.33. The predicted octanol–water partition coefficient (Wildman–Crippen LogP) is 3.61. The summed E-state index contributed by atoms with van der Waals surface area (Å²) in [6, 6.07) is 12.9. The smallest absolute Gasteiger partial charge is 0.145 e. The molecule has 0 aliphatic carbocycles. The average Bonchev–Trinajstić information content (AvgIpc) is 3.14. The highest BCUT2D eigenvalue weighted by Crippen LogP contribution is 2.32. The Morgan fingerprint density at radius 1 is 1.04 bits per heavy atom. The lowest BCUT2D eigenvalue weighted by molar-refractivity contribution is 0.386. The predicted molar refractivity (Wildman–Crippen MR) is 92.1 cm³/mol. The van der Waals surface area contributed by atoms with Crippen molar-refractivity contribution in [1.82, 2.24) is 9.55 Å². The van der Waals surface area contributed by atoms with Crippen LogP contribution in [0.25, 0.3) is 0 Å². The molecule has 0 saturated heterocycles. The van der Waals surface area contributed by atoms with Crippen molar-refractivity contribution in [2.24, 2.45) is 0 Å². The van der Waals surface area contributed by atoms with Crippen molar-refractivity contribution >= 4 is 0 Å². The molecule has 3 rings (SSSR count). The Balaban J connectivity index is 1.91. The van der Waals surface area contributed by atoms with Crippen molar-refractivity contribution in [3.8, 4) is 29.1 Å². The topological polar surface area (TPSA) is 69.3 Å². The third-order valence-electron chi connectivity index (χ3n) is 3.64. The van der Waals surface area contributed by atoms with Gasteiger partial charge in [-0.25, -0.2) is 4.98 Å². The van der Waals surface area contributed by atoms with Gasteiger partial charge in [0.15, 0.2) is 0 Å². The Kier molecular flexibility index (Phi) is 4.86. The lowest BCUT2D eigenvalue weighted by Crippen LogP contribution is -1.98. The summed E-state index contributed by atoms with van der Waals surface area (Å²) in [6.07, 6.45) is 5.35. The maximum Gasteiger partial charge on any atom is 0.145 e. The number of imidazole rings is 1. The number of rotatable bonds is 6. The number of nitriles is 1. The molecule has 0 aliphatic rings. The van der Waals surface area contributed by atoms with Gasteiger partial charge >= 0.3 is 0 Å². The fourth-order valence-electron chi connectivity index (χ4n) is 2.40. The highest BCUT2D eigenvalue weighted by molar-refractivity contribution is 5.49. The largest absolute Gasteiger partial charge is 0.496 e. The first-order valence-electron chi connectivity index (χ1n) is 7.61. The van der Waals surface area contributed by atoms with Crippen LogP contribution in [0, 0.1) is 11.3 Å². The van der Waals surface area contributed by atoms with E-state index in [4.69, 9.17) is 14.2 Å². The van der Waals surface area contributed by atoms with Crippen molar-refractivity contribution in [2.75, 3.05) is 14.2 Å². The van der Waals surface area contributed by atoms with Crippen LogP contribution in [0.3, 0.4) is 0 Å². The molecule has 0 fully saturated rings. The second-order valence-corrected chi connectivity index (χ2v) is 5.33. The highest BCUT2D eigenvalue weighted by atomic mass is 16.5. The van der Waals surface area contributed by atoms with Crippen LogP contribution >= 0.6 is 0 Å². The van der Waals surface area contributed by atoms with Crippen molar-refractivity contribution in [3.05, 3.63) is 66.2 Å². The third kappa shape index (κ3) is 3.90. The van der Waals surface area contributed by atoms with E-state index >= 15 is 0 Å². The standard InChI is InChI=1S/C19H17N3O3/c1-23-16-8-17(24-2)10-18(9-16)25-19-7-14(3-4-15(19)11-20)12-22-6-5-21-13-22/h3-10,13H,12H2,1-2H3. The molecular weight excluding hydrogens is 318 g/mol. The Bertz CT molecular complexity index is 877. The molecule has 0 N–H and O–H groups in total. The van der Waals surface area contributed by atoms with Crippen molar-refractivity contribution < 1.29 is 14.2 Å². The molecule has 1 heterocycles. The van der Waals surface area contributed by atoms with E-state index in [0.29, 0.717) is 35.1 Å². The molecule has 6 nitrogen and oxygen atoms in total. The summed E-state index contributed by atoms with van der Waals surface area (Å²) in [5.74, 6) is 2.24. The average molecular weight is 335 g/mol. The van der Waals surface area contributed by atoms with Crippen molar-refractivity contribution in [1.29, 1.82) is 5.26 Å². The van der Waals surface area contributed by atoms with Gasteiger partial charge in [-0.2, -0.15) is 5.26 Å². The van der Waals surface area contributed by atoms with Crippen LogP contribution in [0.1, 0.15) is 11.1 Å². The lowest BCUT2D eigenvalue weighted by Gasteiger charge is -2.12.